The molecule has 0 unspecified atom stereocenters. The van der Waals surface area contributed by atoms with Gasteiger partial charge in [-0.05, 0) is 56.3 Å². The number of fused-ring (bicyclic) bond motifs is 4. The number of nitrogens with two attached hydrogens (primary N) is 1. The third kappa shape index (κ3) is 1.05. The summed E-state index contributed by atoms with van der Waals surface area (Å²) in [5.41, 5.74) is 6.86. The second-order valence-electron chi connectivity index (χ2n) is 6.35. The molecule has 1 spiro atoms. The van der Waals surface area contributed by atoms with Crippen molar-refractivity contribution in [1.82, 2.24) is 0 Å². The molecule has 3 heteroatoms. The van der Waals surface area contributed by atoms with Gasteiger partial charge in [-0.3, -0.25) is 0 Å². The van der Waals surface area contributed by atoms with Crippen LogP contribution in [-0.2, 0) is 9.47 Å². The maximum absolute atomic E-state index is 6.49. The Hall–Kier alpha value is -0.120. The van der Waals surface area contributed by atoms with Gasteiger partial charge >= 0.3 is 0 Å². The van der Waals surface area contributed by atoms with Crippen molar-refractivity contribution in [3.8, 4) is 0 Å². The summed E-state index contributed by atoms with van der Waals surface area (Å²) in [4.78, 5) is 0. The van der Waals surface area contributed by atoms with Gasteiger partial charge in [-0.2, -0.15) is 0 Å². The van der Waals surface area contributed by atoms with E-state index in [0.29, 0.717) is 23.7 Å². The summed E-state index contributed by atoms with van der Waals surface area (Å²) >= 11 is 0. The van der Waals surface area contributed by atoms with E-state index < -0.39 is 0 Å². The zero-order valence-electron chi connectivity index (χ0n) is 9.89. The molecule has 3 nitrogen and oxygen atoms in total. The summed E-state index contributed by atoms with van der Waals surface area (Å²) < 4.78 is 11.7. The molecule has 4 rings (SSSR count). The highest BCUT2D eigenvalue weighted by atomic mass is 16.7. The van der Waals surface area contributed by atoms with Crippen LogP contribution in [0.3, 0.4) is 0 Å². The van der Waals surface area contributed by atoms with E-state index in [2.05, 4.69) is 0 Å². The molecule has 3 aliphatic carbocycles. The Morgan fingerprint density at radius 3 is 2.38 bits per heavy atom. The molecule has 0 aromatic carbocycles. The molecule has 0 radical (unpaired) electrons. The molecule has 0 aromatic rings. The van der Waals surface area contributed by atoms with E-state index in [4.69, 9.17) is 15.2 Å². The van der Waals surface area contributed by atoms with Crippen molar-refractivity contribution in [3.63, 3.8) is 0 Å². The normalized spacial score (nSPS) is 54.0. The highest BCUT2D eigenvalue weighted by Crippen LogP contribution is 2.63. The maximum Gasteiger partial charge on any atom is 0.155 e. The van der Waals surface area contributed by atoms with Gasteiger partial charge in [-0.25, -0.2) is 0 Å². The van der Waals surface area contributed by atoms with Gasteiger partial charge in [0.05, 0.1) is 12.2 Å². The van der Waals surface area contributed by atoms with Crippen molar-refractivity contribution < 1.29 is 9.47 Å². The maximum atomic E-state index is 6.49. The molecule has 1 saturated heterocycles. The first-order valence-corrected chi connectivity index (χ1v) is 6.75. The molecule has 3 saturated carbocycles. The van der Waals surface area contributed by atoms with Crippen LogP contribution >= 0.6 is 0 Å². The molecule has 1 aliphatic heterocycles. The fraction of sp³-hybridized carbons (Fsp3) is 1.00. The lowest BCUT2D eigenvalue weighted by Crippen LogP contribution is -2.45. The van der Waals surface area contributed by atoms with E-state index in [1.807, 2.05) is 6.92 Å². The third-order valence-electron chi connectivity index (χ3n) is 5.77. The molecule has 0 aromatic heterocycles. The Morgan fingerprint density at radius 2 is 1.81 bits per heavy atom. The highest BCUT2D eigenvalue weighted by Gasteiger charge is 2.63. The van der Waals surface area contributed by atoms with Gasteiger partial charge in [0, 0.05) is 6.04 Å². The average Bonchev–Trinajstić information content (AvgIpc) is 2.89. The Kier molecular flexibility index (Phi) is 1.85. The van der Waals surface area contributed by atoms with Crippen molar-refractivity contribution in [2.45, 2.75) is 63.6 Å². The lowest BCUT2D eigenvalue weighted by molar-refractivity contribution is -0.0774. The van der Waals surface area contributed by atoms with Gasteiger partial charge in [0.25, 0.3) is 0 Å². The van der Waals surface area contributed by atoms with Gasteiger partial charge in [0.1, 0.15) is 0 Å². The summed E-state index contributed by atoms with van der Waals surface area (Å²) in [6.45, 7) is 2.01. The quantitative estimate of drug-likeness (QED) is 0.679. The molecule has 2 N–H and O–H groups in total. The largest absolute Gasteiger partial charge is 0.347 e. The van der Waals surface area contributed by atoms with Gasteiger partial charge < -0.3 is 15.2 Å². The Morgan fingerprint density at radius 1 is 1.12 bits per heavy atom. The molecular formula is C13H21NO2. The summed E-state index contributed by atoms with van der Waals surface area (Å²) in [6, 6.07) is 0.416. The Bertz CT molecular complexity index is 301. The van der Waals surface area contributed by atoms with E-state index in [0.717, 1.165) is 24.7 Å². The standard InChI is InChI=1S/C13H21NO2/c1-7-15-10-5-13(6-11(10)16-7)9-3-2-8(4-9)12(13)14/h7-12H,2-6,14H2,1H3/t7?,8-,9+,10+,11+,12-,13?/m1/s1. The first-order valence-electron chi connectivity index (χ1n) is 6.75. The molecule has 2 bridgehead atoms. The zero-order valence-corrected chi connectivity index (χ0v) is 9.89. The predicted octanol–water partition coefficient (Wildman–Crippen LogP) is 1.65. The highest BCUT2D eigenvalue weighted by molar-refractivity contribution is 5.14. The van der Waals surface area contributed by atoms with Crippen LogP contribution in [0.4, 0.5) is 0 Å². The second kappa shape index (κ2) is 3.01. The van der Waals surface area contributed by atoms with Crippen LogP contribution in [-0.4, -0.2) is 24.5 Å². The topological polar surface area (TPSA) is 44.5 Å². The Labute approximate surface area is 96.7 Å². The second-order valence-corrected chi connectivity index (χ2v) is 6.35. The van der Waals surface area contributed by atoms with Gasteiger partial charge in [-0.1, -0.05) is 0 Å². The van der Waals surface area contributed by atoms with E-state index >= 15 is 0 Å². The Balaban J connectivity index is 1.62. The molecule has 16 heavy (non-hydrogen) atoms. The van der Waals surface area contributed by atoms with Crippen LogP contribution in [0, 0.1) is 17.3 Å². The van der Waals surface area contributed by atoms with Crippen LogP contribution in [0.2, 0.25) is 0 Å². The van der Waals surface area contributed by atoms with E-state index in [1.54, 1.807) is 0 Å². The fourth-order valence-electron chi connectivity index (χ4n) is 5.10. The van der Waals surface area contributed by atoms with Gasteiger partial charge in [0.15, 0.2) is 6.29 Å². The van der Waals surface area contributed by atoms with Crippen LogP contribution in [0.5, 0.6) is 0 Å². The average molecular weight is 223 g/mol. The number of ether oxygens (including phenoxy) is 2. The summed E-state index contributed by atoms with van der Waals surface area (Å²) in [7, 11) is 0. The minimum atomic E-state index is 0.00200. The molecule has 5 atom stereocenters. The minimum absolute atomic E-state index is 0.00200. The first-order chi connectivity index (χ1) is 7.69. The van der Waals surface area contributed by atoms with Gasteiger partial charge in [-0.15, -0.1) is 0 Å². The smallest absolute Gasteiger partial charge is 0.155 e. The van der Waals surface area contributed by atoms with Gasteiger partial charge in [0.2, 0.25) is 0 Å². The summed E-state index contributed by atoms with van der Waals surface area (Å²) in [6.07, 6.45) is 7.11. The zero-order chi connectivity index (χ0) is 10.9. The molecular weight excluding hydrogens is 202 g/mol. The molecule has 1 heterocycles. The summed E-state index contributed by atoms with van der Waals surface area (Å²) in [5.74, 6) is 1.65. The van der Waals surface area contributed by atoms with E-state index in [1.165, 1.54) is 19.3 Å². The summed E-state index contributed by atoms with van der Waals surface area (Å²) in [5, 5.41) is 0. The van der Waals surface area contributed by atoms with Crippen LogP contribution < -0.4 is 5.73 Å². The monoisotopic (exact) mass is 223 g/mol. The fourth-order valence-corrected chi connectivity index (χ4v) is 5.10. The van der Waals surface area contributed by atoms with Crippen LogP contribution in [0.1, 0.15) is 39.0 Å². The van der Waals surface area contributed by atoms with E-state index in [-0.39, 0.29) is 6.29 Å². The third-order valence-corrected chi connectivity index (χ3v) is 5.77. The van der Waals surface area contributed by atoms with Crippen molar-refractivity contribution >= 4 is 0 Å². The van der Waals surface area contributed by atoms with Crippen molar-refractivity contribution in [2.75, 3.05) is 0 Å². The molecule has 90 valence electrons. The van der Waals surface area contributed by atoms with Crippen molar-refractivity contribution in [3.05, 3.63) is 0 Å². The first kappa shape index (κ1) is 9.86. The van der Waals surface area contributed by atoms with Crippen molar-refractivity contribution in [1.29, 1.82) is 0 Å². The number of rotatable bonds is 0. The molecule has 4 aliphatic rings. The predicted molar refractivity (Wildman–Crippen MR) is 59.7 cm³/mol. The number of hydrogen-bond donors (Lipinski definition) is 1. The molecule has 0 amide bonds. The lowest BCUT2D eigenvalue weighted by atomic mass is 9.68. The van der Waals surface area contributed by atoms with Crippen LogP contribution in [0.25, 0.3) is 0 Å². The van der Waals surface area contributed by atoms with Crippen molar-refractivity contribution in [2.24, 2.45) is 23.0 Å². The minimum Gasteiger partial charge on any atom is -0.347 e. The van der Waals surface area contributed by atoms with E-state index in [9.17, 15) is 0 Å². The number of hydrogen-bond acceptors (Lipinski definition) is 3. The van der Waals surface area contributed by atoms with Crippen LogP contribution in [0.15, 0.2) is 0 Å². The molecule has 4 fully saturated rings. The SMILES string of the molecule is CC1O[C@H]2CC3(C[C@@H]2O1)[C@H]1CC[C@H](C1)[C@H]3N. The lowest BCUT2D eigenvalue weighted by Gasteiger charge is -2.39.